The zero-order valence-electron chi connectivity index (χ0n) is 9.91. The van der Waals surface area contributed by atoms with Gasteiger partial charge < -0.3 is 5.73 Å². The molecule has 0 radical (unpaired) electrons. The van der Waals surface area contributed by atoms with Crippen molar-refractivity contribution in [2.75, 3.05) is 0 Å². The van der Waals surface area contributed by atoms with E-state index in [1.165, 1.54) is 12.1 Å². The van der Waals surface area contributed by atoms with Crippen molar-refractivity contribution in [3.05, 3.63) is 64.7 Å². The van der Waals surface area contributed by atoms with E-state index >= 15 is 0 Å². The Hall–Kier alpha value is -2.08. The molecule has 20 heavy (non-hydrogen) atoms. The van der Waals surface area contributed by atoms with Crippen molar-refractivity contribution < 1.29 is 18.0 Å². The van der Waals surface area contributed by atoms with Crippen molar-refractivity contribution in [2.45, 2.75) is 5.38 Å². The quantitative estimate of drug-likeness (QED) is 0.700. The van der Waals surface area contributed by atoms with E-state index in [0.29, 0.717) is 6.07 Å². The van der Waals surface area contributed by atoms with Gasteiger partial charge >= 0.3 is 0 Å². The maximum atomic E-state index is 13.6. The number of carbonyl (C=O) groups excluding carboxylic acids is 1. The van der Waals surface area contributed by atoms with Gasteiger partial charge in [0.1, 0.15) is 11.5 Å². The minimum absolute atomic E-state index is 0.0159. The molecule has 2 rings (SSSR count). The van der Waals surface area contributed by atoms with E-state index in [1.807, 2.05) is 0 Å². The summed E-state index contributed by atoms with van der Waals surface area (Å²) in [6.07, 6.45) is 1.15. The summed E-state index contributed by atoms with van der Waals surface area (Å²) in [4.78, 5) is 14.6. The first-order chi connectivity index (χ1) is 9.41. The van der Waals surface area contributed by atoms with Crippen LogP contribution in [0.3, 0.4) is 0 Å². The Labute approximate surface area is 117 Å². The number of carbonyl (C=O) groups is 1. The first kappa shape index (κ1) is 14.3. The molecule has 0 spiro atoms. The van der Waals surface area contributed by atoms with Crippen molar-refractivity contribution in [3.63, 3.8) is 0 Å². The van der Waals surface area contributed by atoms with E-state index in [0.717, 1.165) is 12.3 Å². The SMILES string of the molecule is NC(=O)c1ccc(C(Cl)c2c(F)ccc(F)c2F)cn1. The third-order valence-electron chi connectivity index (χ3n) is 2.66. The highest BCUT2D eigenvalue weighted by atomic mass is 35.5. The van der Waals surface area contributed by atoms with E-state index < -0.39 is 34.3 Å². The molecule has 7 heteroatoms. The van der Waals surface area contributed by atoms with Crippen LogP contribution in [0, 0.1) is 17.5 Å². The zero-order valence-corrected chi connectivity index (χ0v) is 10.7. The highest BCUT2D eigenvalue weighted by molar-refractivity contribution is 6.22. The molecule has 1 aromatic carbocycles. The van der Waals surface area contributed by atoms with Crippen LogP contribution in [0.1, 0.15) is 27.0 Å². The van der Waals surface area contributed by atoms with E-state index in [-0.39, 0.29) is 11.3 Å². The minimum Gasteiger partial charge on any atom is -0.364 e. The number of pyridine rings is 1. The Morgan fingerprint density at radius 3 is 2.35 bits per heavy atom. The lowest BCUT2D eigenvalue weighted by atomic mass is 10.0. The topological polar surface area (TPSA) is 56.0 Å². The molecule has 1 atom stereocenters. The predicted octanol–water partition coefficient (Wildman–Crippen LogP) is 2.93. The summed E-state index contributed by atoms with van der Waals surface area (Å²) in [5, 5.41) is -1.28. The van der Waals surface area contributed by atoms with Gasteiger partial charge in [0.15, 0.2) is 11.6 Å². The summed E-state index contributed by atoms with van der Waals surface area (Å²) in [5.41, 5.74) is 4.60. The standard InChI is InChI=1S/C13H8ClF3N2O/c14-11(6-1-4-9(13(18)20)19-5-6)10-7(15)2-3-8(16)12(10)17/h1-5,11H,(H2,18,20). The predicted molar refractivity (Wildman–Crippen MR) is 66.8 cm³/mol. The fourth-order valence-electron chi connectivity index (χ4n) is 1.64. The number of benzene rings is 1. The van der Waals surface area contributed by atoms with Gasteiger partial charge in [0, 0.05) is 11.8 Å². The molecule has 0 bridgehead atoms. The molecule has 1 heterocycles. The highest BCUT2D eigenvalue weighted by Gasteiger charge is 2.23. The summed E-state index contributed by atoms with van der Waals surface area (Å²) in [5.74, 6) is -4.27. The van der Waals surface area contributed by atoms with Crippen molar-refractivity contribution in [1.82, 2.24) is 4.98 Å². The molecule has 0 fully saturated rings. The second-order valence-electron chi connectivity index (χ2n) is 3.96. The van der Waals surface area contributed by atoms with Gasteiger partial charge in [0.05, 0.1) is 5.38 Å². The van der Waals surface area contributed by atoms with Crippen molar-refractivity contribution in [3.8, 4) is 0 Å². The van der Waals surface area contributed by atoms with Crippen molar-refractivity contribution in [2.24, 2.45) is 5.73 Å². The molecule has 0 saturated carbocycles. The van der Waals surface area contributed by atoms with Crippen LogP contribution in [-0.4, -0.2) is 10.9 Å². The van der Waals surface area contributed by atoms with E-state index in [1.54, 1.807) is 0 Å². The second-order valence-corrected chi connectivity index (χ2v) is 4.40. The molecule has 0 aliphatic heterocycles. The second kappa shape index (κ2) is 5.50. The lowest BCUT2D eigenvalue weighted by Crippen LogP contribution is -2.13. The van der Waals surface area contributed by atoms with Crippen LogP contribution in [0.2, 0.25) is 0 Å². The molecule has 2 N–H and O–H groups in total. The molecule has 3 nitrogen and oxygen atoms in total. The molecular formula is C13H8ClF3N2O. The summed E-state index contributed by atoms with van der Waals surface area (Å²) in [7, 11) is 0. The Morgan fingerprint density at radius 2 is 1.80 bits per heavy atom. The number of nitrogens with zero attached hydrogens (tertiary/aromatic N) is 1. The number of aromatic nitrogens is 1. The van der Waals surface area contributed by atoms with Gasteiger partial charge in [-0.15, -0.1) is 11.6 Å². The van der Waals surface area contributed by atoms with Crippen LogP contribution in [0.25, 0.3) is 0 Å². The highest BCUT2D eigenvalue weighted by Crippen LogP contribution is 2.33. The van der Waals surface area contributed by atoms with Crippen LogP contribution in [-0.2, 0) is 0 Å². The first-order valence-corrected chi connectivity index (χ1v) is 5.88. The number of primary amides is 1. The molecule has 0 aliphatic carbocycles. The summed E-state index contributed by atoms with van der Waals surface area (Å²) >= 11 is 5.94. The van der Waals surface area contributed by atoms with Crippen molar-refractivity contribution >= 4 is 17.5 Å². The molecule has 1 amide bonds. The summed E-state index contributed by atoms with van der Waals surface area (Å²) in [6, 6.07) is 4.07. The van der Waals surface area contributed by atoms with Crippen LogP contribution in [0.5, 0.6) is 0 Å². The molecule has 0 aliphatic rings. The normalized spacial score (nSPS) is 12.2. The number of amides is 1. The van der Waals surface area contributed by atoms with Crippen LogP contribution in [0.15, 0.2) is 30.5 Å². The third-order valence-corrected chi connectivity index (χ3v) is 3.13. The summed E-state index contributed by atoms with van der Waals surface area (Å²) < 4.78 is 40.3. The van der Waals surface area contributed by atoms with E-state index in [4.69, 9.17) is 17.3 Å². The van der Waals surface area contributed by atoms with Crippen LogP contribution >= 0.6 is 11.6 Å². The maximum Gasteiger partial charge on any atom is 0.267 e. The van der Waals surface area contributed by atoms with Gasteiger partial charge in [-0.25, -0.2) is 13.2 Å². The van der Waals surface area contributed by atoms with Crippen LogP contribution in [0.4, 0.5) is 13.2 Å². The number of halogens is 4. The Bertz CT molecular complexity index is 661. The largest absolute Gasteiger partial charge is 0.364 e. The summed E-state index contributed by atoms with van der Waals surface area (Å²) in [6.45, 7) is 0. The van der Waals surface area contributed by atoms with E-state index in [2.05, 4.69) is 4.98 Å². The van der Waals surface area contributed by atoms with E-state index in [9.17, 15) is 18.0 Å². The first-order valence-electron chi connectivity index (χ1n) is 5.45. The zero-order chi connectivity index (χ0) is 14.9. The monoisotopic (exact) mass is 300 g/mol. The van der Waals surface area contributed by atoms with Gasteiger partial charge in [-0.2, -0.15) is 0 Å². The Kier molecular flexibility index (Phi) is 3.94. The lowest BCUT2D eigenvalue weighted by Gasteiger charge is -2.12. The molecule has 1 aromatic heterocycles. The van der Waals surface area contributed by atoms with Crippen LogP contribution < -0.4 is 5.73 Å². The van der Waals surface area contributed by atoms with Gasteiger partial charge in [-0.3, -0.25) is 9.78 Å². The maximum absolute atomic E-state index is 13.6. The number of nitrogens with two attached hydrogens (primary N) is 1. The number of hydrogen-bond donors (Lipinski definition) is 1. The fourth-order valence-corrected chi connectivity index (χ4v) is 1.97. The fraction of sp³-hybridized carbons (Fsp3) is 0.0769. The molecule has 1 unspecified atom stereocenters. The lowest BCUT2D eigenvalue weighted by molar-refractivity contribution is 0.0995. The Morgan fingerprint density at radius 1 is 1.15 bits per heavy atom. The van der Waals surface area contributed by atoms with Gasteiger partial charge in [-0.1, -0.05) is 6.07 Å². The average Bonchev–Trinajstić information content (AvgIpc) is 2.43. The molecular weight excluding hydrogens is 293 g/mol. The molecule has 0 saturated heterocycles. The van der Waals surface area contributed by atoms with Gasteiger partial charge in [-0.05, 0) is 23.8 Å². The number of hydrogen-bond acceptors (Lipinski definition) is 2. The number of alkyl halides is 1. The average molecular weight is 301 g/mol. The minimum atomic E-state index is -1.36. The Balaban J connectivity index is 2.43. The van der Waals surface area contributed by atoms with Crippen molar-refractivity contribution in [1.29, 1.82) is 0 Å². The third kappa shape index (κ3) is 2.60. The molecule has 2 aromatic rings. The van der Waals surface area contributed by atoms with Gasteiger partial charge in [0.2, 0.25) is 0 Å². The molecule has 104 valence electrons. The number of rotatable bonds is 3. The van der Waals surface area contributed by atoms with Gasteiger partial charge in [0.25, 0.3) is 5.91 Å². The smallest absolute Gasteiger partial charge is 0.267 e.